The van der Waals surface area contributed by atoms with Crippen LogP contribution in [-0.4, -0.2) is 66.8 Å². The number of rotatable bonds is 7. The Bertz CT molecular complexity index is 1180. The zero-order valence-electron chi connectivity index (χ0n) is 18.8. The van der Waals surface area contributed by atoms with Gasteiger partial charge in [0.15, 0.2) is 11.5 Å². The molecule has 0 atom stereocenters. The fourth-order valence-corrected chi connectivity index (χ4v) is 4.99. The fourth-order valence-electron chi connectivity index (χ4n) is 3.58. The van der Waals surface area contributed by atoms with Crippen LogP contribution in [0.25, 0.3) is 6.08 Å². The summed E-state index contributed by atoms with van der Waals surface area (Å²) in [6.45, 7) is 1.57. The monoisotopic (exact) mass is 564 g/mol. The standard InChI is InChI=1S/C24H22BrFN2O6S/c1-32-19-11-16(10-18(25)22(19)34-14-15-3-2-4-17(26)9-15)12-20-23(30)28(24(31)35-20)13-21(29)27-5-7-33-8-6-27/h2-4,9-12H,5-8,13-14H2,1H3/b20-12+. The number of carbonyl (C=O) groups excluding carboxylic acids is 3. The normalized spacial score (nSPS) is 17.3. The van der Waals surface area contributed by atoms with Crippen LogP contribution >= 0.6 is 27.7 Å². The van der Waals surface area contributed by atoms with Gasteiger partial charge in [0.25, 0.3) is 11.1 Å². The van der Waals surface area contributed by atoms with E-state index in [-0.39, 0.29) is 29.8 Å². The molecule has 0 saturated carbocycles. The van der Waals surface area contributed by atoms with Crippen LogP contribution in [0.4, 0.5) is 9.18 Å². The number of methoxy groups -OCH3 is 1. The molecule has 0 aliphatic carbocycles. The van der Waals surface area contributed by atoms with Crippen LogP contribution in [0, 0.1) is 5.82 Å². The van der Waals surface area contributed by atoms with E-state index in [9.17, 15) is 18.8 Å². The van der Waals surface area contributed by atoms with Crippen LogP contribution in [0.1, 0.15) is 11.1 Å². The molecule has 0 bridgehead atoms. The van der Waals surface area contributed by atoms with Gasteiger partial charge in [0.05, 0.1) is 29.7 Å². The summed E-state index contributed by atoms with van der Waals surface area (Å²) in [7, 11) is 1.48. The van der Waals surface area contributed by atoms with E-state index >= 15 is 0 Å². The molecular formula is C24H22BrFN2O6S. The first kappa shape index (κ1) is 25.2. The Morgan fingerprint density at radius 1 is 1.23 bits per heavy atom. The Labute approximate surface area is 214 Å². The third kappa shape index (κ3) is 6.03. The highest BCUT2D eigenvalue weighted by atomic mass is 79.9. The van der Waals surface area contributed by atoms with Gasteiger partial charge < -0.3 is 19.1 Å². The summed E-state index contributed by atoms with van der Waals surface area (Å²) in [5.74, 6) is -0.362. The molecule has 0 unspecified atom stereocenters. The minimum Gasteiger partial charge on any atom is -0.493 e. The van der Waals surface area contributed by atoms with Gasteiger partial charge in [0.2, 0.25) is 5.91 Å². The molecule has 3 amide bonds. The van der Waals surface area contributed by atoms with Gasteiger partial charge >= 0.3 is 0 Å². The molecule has 8 nitrogen and oxygen atoms in total. The second-order valence-corrected chi connectivity index (χ2v) is 9.56. The lowest BCUT2D eigenvalue weighted by Gasteiger charge is -2.28. The van der Waals surface area contributed by atoms with Crippen molar-refractivity contribution in [2.75, 3.05) is 40.0 Å². The van der Waals surface area contributed by atoms with Crippen molar-refractivity contribution in [2.24, 2.45) is 0 Å². The van der Waals surface area contributed by atoms with Crippen LogP contribution in [0.2, 0.25) is 0 Å². The summed E-state index contributed by atoms with van der Waals surface area (Å²) in [5, 5.41) is -0.496. The van der Waals surface area contributed by atoms with Crippen LogP contribution in [-0.2, 0) is 20.9 Å². The van der Waals surface area contributed by atoms with Crippen molar-refractivity contribution in [3.63, 3.8) is 0 Å². The number of ether oxygens (including phenoxy) is 3. The maximum absolute atomic E-state index is 13.4. The first-order valence-corrected chi connectivity index (χ1v) is 12.3. The van der Waals surface area contributed by atoms with Crippen molar-refractivity contribution in [1.82, 2.24) is 9.80 Å². The minimum absolute atomic E-state index is 0.127. The number of nitrogens with zero attached hydrogens (tertiary/aromatic N) is 2. The summed E-state index contributed by atoms with van der Waals surface area (Å²) in [4.78, 5) is 40.5. The smallest absolute Gasteiger partial charge is 0.294 e. The minimum atomic E-state index is -0.525. The second kappa shape index (κ2) is 11.2. The fraction of sp³-hybridized carbons (Fsp3) is 0.292. The van der Waals surface area contributed by atoms with Crippen LogP contribution in [0.5, 0.6) is 11.5 Å². The number of thioether (sulfide) groups is 1. The van der Waals surface area contributed by atoms with Gasteiger partial charge in [-0.15, -0.1) is 0 Å². The molecule has 0 spiro atoms. The molecule has 11 heteroatoms. The summed E-state index contributed by atoms with van der Waals surface area (Å²) < 4.78 is 30.5. The molecule has 2 aliphatic heterocycles. The number of amides is 3. The second-order valence-electron chi connectivity index (χ2n) is 7.71. The Hall–Kier alpha value is -2.89. The zero-order chi connectivity index (χ0) is 24.9. The average Bonchev–Trinajstić information content (AvgIpc) is 3.10. The highest BCUT2D eigenvalue weighted by Crippen LogP contribution is 2.39. The maximum atomic E-state index is 13.4. The van der Waals surface area contributed by atoms with Gasteiger partial charge in [-0.1, -0.05) is 12.1 Å². The number of hydrogen-bond acceptors (Lipinski definition) is 7. The maximum Gasteiger partial charge on any atom is 0.294 e. The zero-order valence-corrected chi connectivity index (χ0v) is 21.2. The Kier molecular flexibility index (Phi) is 8.09. The van der Waals surface area contributed by atoms with Crippen molar-refractivity contribution in [3.05, 3.63) is 62.7 Å². The molecule has 0 N–H and O–H groups in total. The number of imide groups is 1. The predicted molar refractivity (Wildman–Crippen MR) is 132 cm³/mol. The van der Waals surface area contributed by atoms with Gasteiger partial charge in [-0.2, -0.15) is 0 Å². The van der Waals surface area contributed by atoms with E-state index in [1.54, 1.807) is 35.2 Å². The number of morpholine rings is 1. The highest BCUT2D eigenvalue weighted by Gasteiger charge is 2.37. The van der Waals surface area contributed by atoms with Crippen molar-refractivity contribution in [3.8, 4) is 11.5 Å². The summed E-state index contributed by atoms with van der Waals surface area (Å²) in [5.41, 5.74) is 1.25. The third-order valence-corrected chi connectivity index (χ3v) is 6.85. The summed E-state index contributed by atoms with van der Waals surface area (Å²) in [6.07, 6.45) is 1.56. The largest absolute Gasteiger partial charge is 0.493 e. The van der Waals surface area contributed by atoms with Crippen molar-refractivity contribution < 1.29 is 33.0 Å². The molecule has 0 aromatic heterocycles. The van der Waals surface area contributed by atoms with E-state index in [0.717, 1.165) is 16.7 Å². The molecule has 4 rings (SSSR count). The van der Waals surface area contributed by atoms with E-state index < -0.39 is 11.1 Å². The number of carbonyl (C=O) groups is 3. The molecule has 35 heavy (non-hydrogen) atoms. The van der Waals surface area contributed by atoms with Gasteiger partial charge in [-0.25, -0.2) is 4.39 Å². The first-order chi connectivity index (χ1) is 16.9. The van der Waals surface area contributed by atoms with E-state index in [4.69, 9.17) is 14.2 Å². The molecule has 2 aromatic carbocycles. The Morgan fingerprint density at radius 3 is 2.71 bits per heavy atom. The van der Waals surface area contributed by atoms with Crippen molar-refractivity contribution in [1.29, 1.82) is 0 Å². The molecule has 2 aromatic rings. The van der Waals surface area contributed by atoms with E-state index in [1.807, 2.05) is 0 Å². The number of benzene rings is 2. The molecule has 2 fully saturated rings. The van der Waals surface area contributed by atoms with E-state index in [0.29, 0.717) is 53.4 Å². The number of hydrogen-bond donors (Lipinski definition) is 0. The lowest BCUT2D eigenvalue weighted by atomic mass is 10.1. The van der Waals surface area contributed by atoms with E-state index in [2.05, 4.69) is 15.9 Å². The van der Waals surface area contributed by atoms with Crippen molar-refractivity contribution in [2.45, 2.75) is 6.61 Å². The Morgan fingerprint density at radius 2 is 2.00 bits per heavy atom. The Balaban J connectivity index is 1.48. The van der Waals surface area contributed by atoms with Gasteiger partial charge in [0, 0.05) is 13.1 Å². The topological polar surface area (TPSA) is 85.4 Å². The average molecular weight is 565 g/mol. The van der Waals surface area contributed by atoms with Gasteiger partial charge in [-0.3, -0.25) is 19.3 Å². The van der Waals surface area contributed by atoms with Gasteiger partial charge in [-0.05, 0) is 69.2 Å². The quantitative estimate of drug-likeness (QED) is 0.468. The number of halogens is 2. The SMILES string of the molecule is COc1cc(/C=C2/SC(=O)N(CC(=O)N3CCOCC3)C2=O)cc(Br)c1OCc1cccc(F)c1. The molecule has 184 valence electrons. The first-order valence-electron chi connectivity index (χ1n) is 10.7. The molecule has 2 aliphatic rings. The lowest BCUT2D eigenvalue weighted by molar-refractivity contribution is -0.139. The molecule has 2 heterocycles. The van der Waals surface area contributed by atoms with E-state index in [1.165, 1.54) is 19.2 Å². The van der Waals surface area contributed by atoms with Gasteiger partial charge in [0.1, 0.15) is 19.0 Å². The lowest BCUT2D eigenvalue weighted by Crippen LogP contribution is -2.46. The van der Waals surface area contributed by atoms with Crippen LogP contribution in [0.15, 0.2) is 45.8 Å². The summed E-state index contributed by atoms with van der Waals surface area (Å²) in [6, 6.07) is 9.47. The van der Waals surface area contributed by atoms with Crippen molar-refractivity contribution >= 4 is 50.8 Å². The van der Waals surface area contributed by atoms with Crippen LogP contribution < -0.4 is 9.47 Å². The molecule has 2 saturated heterocycles. The molecular weight excluding hydrogens is 543 g/mol. The predicted octanol–water partition coefficient (Wildman–Crippen LogP) is 4.07. The third-order valence-electron chi connectivity index (χ3n) is 5.35. The van der Waals surface area contributed by atoms with Crippen LogP contribution in [0.3, 0.4) is 0 Å². The highest BCUT2D eigenvalue weighted by molar-refractivity contribution is 9.10. The summed E-state index contributed by atoms with van der Waals surface area (Å²) >= 11 is 4.23. The molecule has 0 radical (unpaired) electrons.